The zero-order valence-corrected chi connectivity index (χ0v) is 15.4. The van der Waals surface area contributed by atoms with E-state index in [0.717, 1.165) is 16.5 Å². The zero-order valence-electron chi connectivity index (χ0n) is 14.7. The fourth-order valence-electron chi connectivity index (χ4n) is 2.91. The van der Waals surface area contributed by atoms with Gasteiger partial charge < -0.3 is 14.6 Å². The second kappa shape index (κ2) is 7.17. The third-order valence-corrected chi connectivity index (χ3v) is 4.43. The lowest BCUT2D eigenvalue weighted by Gasteiger charge is -2.14. The average molecular weight is 372 g/mol. The van der Waals surface area contributed by atoms with Gasteiger partial charge in [-0.3, -0.25) is 14.6 Å². The van der Waals surface area contributed by atoms with E-state index in [1.165, 1.54) is 11.7 Å². The number of hydrogen-bond acceptors (Lipinski definition) is 4. The summed E-state index contributed by atoms with van der Waals surface area (Å²) in [6.45, 7) is 2.32. The summed E-state index contributed by atoms with van der Waals surface area (Å²) in [5, 5.41) is 4.27. The molecule has 1 amide bonds. The van der Waals surface area contributed by atoms with Gasteiger partial charge in [0, 0.05) is 37.7 Å². The predicted molar refractivity (Wildman–Crippen MR) is 102 cm³/mol. The number of methoxy groups -OCH3 is 1. The first-order valence-electron chi connectivity index (χ1n) is 8.07. The van der Waals surface area contributed by atoms with Crippen LogP contribution in [0.2, 0.25) is 5.02 Å². The Balaban J connectivity index is 2.28. The van der Waals surface area contributed by atoms with E-state index >= 15 is 0 Å². The van der Waals surface area contributed by atoms with Gasteiger partial charge in [-0.1, -0.05) is 11.6 Å². The van der Waals surface area contributed by atoms with Crippen LogP contribution >= 0.6 is 11.6 Å². The van der Waals surface area contributed by atoms with E-state index in [1.54, 1.807) is 43.8 Å². The second-order valence-corrected chi connectivity index (χ2v) is 6.18. The van der Waals surface area contributed by atoms with Crippen molar-refractivity contribution < 1.29 is 9.53 Å². The lowest BCUT2D eigenvalue weighted by atomic mass is 9.99. The van der Waals surface area contributed by atoms with Crippen molar-refractivity contribution in [3.05, 3.63) is 57.7 Å². The summed E-state index contributed by atoms with van der Waals surface area (Å²) in [6.07, 6.45) is 4.91. The molecule has 0 saturated heterocycles. The van der Waals surface area contributed by atoms with Crippen molar-refractivity contribution in [1.29, 1.82) is 0 Å². The number of halogens is 1. The van der Waals surface area contributed by atoms with Gasteiger partial charge in [0.2, 0.25) is 0 Å². The molecule has 2 aromatic heterocycles. The van der Waals surface area contributed by atoms with Crippen LogP contribution in [0.1, 0.15) is 17.3 Å². The Morgan fingerprint density at radius 2 is 2.12 bits per heavy atom. The van der Waals surface area contributed by atoms with Gasteiger partial charge >= 0.3 is 0 Å². The van der Waals surface area contributed by atoms with Gasteiger partial charge in [0.05, 0.1) is 23.1 Å². The summed E-state index contributed by atoms with van der Waals surface area (Å²) in [6, 6.07) is 5.23. The molecule has 0 aliphatic heterocycles. The fraction of sp³-hybridized carbons (Fsp3) is 0.211. The Kier molecular flexibility index (Phi) is 4.95. The summed E-state index contributed by atoms with van der Waals surface area (Å²) in [4.78, 5) is 28.7. The summed E-state index contributed by atoms with van der Waals surface area (Å²) in [7, 11) is 3.17. The van der Waals surface area contributed by atoms with Crippen molar-refractivity contribution in [2.75, 3.05) is 13.7 Å². The molecular weight excluding hydrogens is 354 g/mol. The number of aryl methyl sites for hydroxylation is 1. The molecule has 7 heteroatoms. The summed E-state index contributed by atoms with van der Waals surface area (Å²) in [5.74, 6) is 0.0740. The molecule has 0 fully saturated rings. The Morgan fingerprint density at radius 3 is 2.81 bits per heavy atom. The van der Waals surface area contributed by atoms with Crippen molar-refractivity contribution in [2.45, 2.75) is 6.92 Å². The molecule has 3 rings (SSSR count). The van der Waals surface area contributed by atoms with Crippen molar-refractivity contribution in [1.82, 2.24) is 14.9 Å². The largest absolute Gasteiger partial charge is 0.496 e. The highest BCUT2D eigenvalue weighted by molar-refractivity contribution is 6.34. The zero-order chi connectivity index (χ0) is 18.8. The van der Waals surface area contributed by atoms with Gasteiger partial charge in [0.25, 0.3) is 11.5 Å². The Morgan fingerprint density at radius 1 is 1.35 bits per heavy atom. The average Bonchev–Trinajstić information content (AvgIpc) is 2.64. The highest BCUT2D eigenvalue weighted by atomic mass is 35.5. The van der Waals surface area contributed by atoms with Crippen LogP contribution in [0.3, 0.4) is 0 Å². The molecule has 0 aliphatic rings. The number of carbonyl (C=O) groups excluding carboxylic acids is 1. The van der Waals surface area contributed by atoms with E-state index in [2.05, 4.69) is 10.3 Å². The number of carbonyl (C=O) groups is 1. The number of hydrogen-bond donors (Lipinski definition) is 1. The van der Waals surface area contributed by atoms with Gasteiger partial charge in [-0.05, 0) is 36.1 Å². The van der Waals surface area contributed by atoms with Crippen LogP contribution in [0.4, 0.5) is 0 Å². The molecule has 6 nitrogen and oxygen atoms in total. The molecule has 0 aliphatic carbocycles. The number of pyridine rings is 2. The number of ether oxygens (including phenoxy) is 1. The van der Waals surface area contributed by atoms with E-state index in [1.807, 2.05) is 6.92 Å². The van der Waals surface area contributed by atoms with E-state index in [0.29, 0.717) is 17.7 Å². The molecule has 3 aromatic rings. The normalized spacial score (nSPS) is 10.8. The number of fused-ring (bicyclic) bond motifs is 1. The van der Waals surface area contributed by atoms with Crippen molar-refractivity contribution in [3.63, 3.8) is 0 Å². The molecule has 0 spiro atoms. The minimum atomic E-state index is -0.296. The topological polar surface area (TPSA) is 73.2 Å². The van der Waals surface area contributed by atoms with Crippen LogP contribution < -0.4 is 15.6 Å². The van der Waals surface area contributed by atoms with Gasteiger partial charge in [0.1, 0.15) is 5.75 Å². The molecule has 0 radical (unpaired) electrons. The third-order valence-electron chi connectivity index (χ3n) is 4.13. The van der Waals surface area contributed by atoms with Crippen molar-refractivity contribution in [3.8, 4) is 16.9 Å². The van der Waals surface area contributed by atoms with Gasteiger partial charge in [-0.25, -0.2) is 0 Å². The Labute approximate surface area is 155 Å². The van der Waals surface area contributed by atoms with E-state index < -0.39 is 0 Å². The number of aromatic nitrogens is 2. The number of rotatable bonds is 4. The fourth-order valence-corrected chi connectivity index (χ4v) is 3.21. The molecule has 0 saturated carbocycles. The smallest absolute Gasteiger partial charge is 0.259 e. The van der Waals surface area contributed by atoms with Crippen molar-refractivity contribution >= 4 is 28.3 Å². The number of benzene rings is 1. The van der Waals surface area contributed by atoms with E-state index in [4.69, 9.17) is 16.3 Å². The second-order valence-electron chi connectivity index (χ2n) is 5.77. The molecule has 26 heavy (non-hydrogen) atoms. The van der Waals surface area contributed by atoms with Crippen LogP contribution in [-0.4, -0.2) is 29.1 Å². The highest BCUT2D eigenvalue weighted by Gasteiger charge is 2.19. The first kappa shape index (κ1) is 17.9. The number of amides is 1. The molecule has 2 heterocycles. The van der Waals surface area contributed by atoms with Gasteiger partial charge in [0.15, 0.2) is 0 Å². The van der Waals surface area contributed by atoms with Gasteiger partial charge in [-0.2, -0.15) is 0 Å². The molecule has 0 bridgehead atoms. The predicted octanol–water partition coefficient (Wildman–Crippen LogP) is 3.01. The summed E-state index contributed by atoms with van der Waals surface area (Å²) < 4.78 is 6.89. The monoisotopic (exact) mass is 371 g/mol. The Hall–Kier alpha value is -2.86. The first-order valence-corrected chi connectivity index (χ1v) is 8.45. The molecule has 1 N–H and O–H groups in total. The van der Waals surface area contributed by atoms with Gasteiger partial charge in [-0.15, -0.1) is 0 Å². The molecular formula is C19H18ClN3O3. The third kappa shape index (κ3) is 3.04. The molecule has 0 atom stereocenters. The lowest BCUT2D eigenvalue weighted by Crippen LogP contribution is -2.23. The maximum atomic E-state index is 12.3. The summed E-state index contributed by atoms with van der Waals surface area (Å²) in [5.41, 5.74) is 1.70. The maximum Gasteiger partial charge on any atom is 0.259 e. The van der Waals surface area contributed by atoms with Crippen LogP contribution in [-0.2, 0) is 7.05 Å². The summed E-state index contributed by atoms with van der Waals surface area (Å²) >= 11 is 6.39. The minimum absolute atomic E-state index is 0.131. The lowest BCUT2D eigenvalue weighted by molar-refractivity contribution is 0.0953. The Bertz CT molecular complexity index is 1060. The van der Waals surface area contributed by atoms with Crippen molar-refractivity contribution in [2.24, 2.45) is 7.05 Å². The number of nitrogens with one attached hydrogen (secondary N) is 1. The number of nitrogens with zero attached hydrogens (tertiary/aromatic N) is 2. The van der Waals surface area contributed by atoms with E-state index in [9.17, 15) is 9.59 Å². The van der Waals surface area contributed by atoms with E-state index in [-0.39, 0.29) is 22.1 Å². The standard InChI is InChI=1S/C19H18ClN3O3/c1-4-22-18(24)17-15(20)7-11(8-16(17)26-3)14-10-23(2)19(25)13-9-21-6-5-12(13)14/h5-10H,4H2,1-3H3,(H,22,24). The van der Waals surface area contributed by atoms with Crippen LogP contribution in [0, 0.1) is 0 Å². The molecule has 134 valence electrons. The SMILES string of the molecule is CCNC(=O)c1c(Cl)cc(-c2cn(C)c(=O)c3cnccc23)cc1OC. The minimum Gasteiger partial charge on any atom is -0.496 e. The van der Waals surface area contributed by atoms with Crippen LogP contribution in [0.25, 0.3) is 21.9 Å². The highest BCUT2D eigenvalue weighted by Crippen LogP contribution is 2.35. The first-order chi connectivity index (χ1) is 12.5. The quantitative estimate of drug-likeness (QED) is 0.765. The van der Waals surface area contributed by atoms with Crippen LogP contribution in [0.5, 0.6) is 5.75 Å². The maximum absolute atomic E-state index is 12.3. The van der Waals surface area contributed by atoms with Crippen LogP contribution in [0.15, 0.2) is 41.6 Å². The molecule has 0 unspecified atom stereocenters. The molecule has 1 aromatic carbocycles.